The van der Waals surface area contributed by atoms with E-state index in [2.05, 4.69) is 5.92 Å². The number of terminal acetylenes is 1. The highest BCUT2D eigenvalue weighted by molar-refractivity contribution is 5.40. The maximum absolute atomic E-state index is 9.24. The molecular weight excluding hydrogens is 136 g/mol. The van der Waals surface area contributed by atoms with Gasteiger partial charge in [0.1, 0.15) is 0 Å². The Morgan fingerprint density at radius 3 is 2.55 bits per heavy atom. The molecule has 0 saturated carbocycles. The van der Waals surface area contributed by atoms with Gasteiger partial charge < -0.3 is 5.11 Å². The first kappa shape index (κ1) is 7.84. The van der Waals surface area contributed by atoms with Crippen molar-refractivity contribution in [3.8, 4) is 12.3 Å². The zero-order valence-corrected chi connectivity index (χ0v) is 6.41. The quantitative estimate of drug-likeness (QED) is 0.598. The van der Waals surface area contributed by atoms with Gasteiger partial charge in [-0.25, -0.2) is 0 Å². The lowest BCUT2D eigenvalue weighted by molar-refractivity contribution is 0.199. The summed E-state index contributed by atoms with van der Waals surface area (Å²) in [7, 11) is 0. The Labute approximate surface area is 66.7 Å². The Morgan fingerprint density at radius 1 is 1.45 bits per heavy atom. The van der Waals surface area contributed by atoms with Crippen LogP contribution in [0.25, 0.3) is 0 Å². The molecule has 0 aliphatic rings. The van der Waals surface area contributed by atoms with E-state index in [1.54, 1.807) is 6.92 Å². The topological polar surface area (TPSA) is 20.2 Å². The molecule has 0 unspecified atom stereocenters. The van der Waals surface area contributed by atoms with Crippen molar-refractivity contribution in [2.45, 2.75) is 13.0 Å². The molecule has 1 aromatic rings. The van der Waals surface area contributed by atoms with Crippen molar-refractivity contribution < 1.29 is 5.11 Å². The molecule has 0 bridgehead atoms. The van der Waals surface area contributed by atoms with Crippen LogP contribution in [0, 0.1) is 12.3 Å². The molecule has 0 fully saturated rings. The van der Waals surface area contributed by atoms with Crippen molar-refractivity contribution in [1.82, 2.24) is 0 Å². The molecule has 0 aliphatic carbocycles. The number of aliphatic hydroxyl groups is 1. The van der Waals surface area contributed by atoms with Crippen molar-refractivity contribution >= 4 is 0 Å². The second-order valence-corrected chi connectivity index (χ2v) is 2.41. The van der Waals surface area contributed by atoms with Gasteiger partial charge in [0.15, 0.2) is 0 Å². The van der Waals surface area contributed by atoms with Crippen LogP contribution < -0.4 is 0 Å². The largest absolute Gasteiger partial charge is 0.389 e. The fourth-order valence-electron chi connectivity index (χ4n) is 0.993. The second-order valence-electron chi connectivity index (χ2n) is 2.41. The van der Waals surface area contributed by atoms with E-state index in [-0.39, 0.29) is 0 Å². The van der Waals surface area contributed by atoms with Crippen molar-refractivity contribution in [3.05, 3.63) is 35.4 Å². The van der Waals surface area contributed by atoms with Crippen molar-refractivity contribution in [3.63, 3.8) is 0 Å². The van der Waals surface area contributed by atoms with Gasteiger partial charge in [-0.1, -0.05) is 24.1 Å². The highest BCUT2D eigenvalue weighted by Gasteiger charge is 2.03. The normalized spacial score (nSPS) is 12.1. The van der Waals surface area contributed by atoms with E-state index in [4.69, 9.17) is 6.42 Å². The highest BCUT2D eigenvalue weighted by atomic mass is 16.3. The standard InChI is InChI=1S/C10H10O/c1-3-9-6-4-5-7-10(9)8(2)11/h1,4-8,11H,2H3/t8-/m1/s1. The maximum atomic E-state index is 9.24. The van der Waals surface area contributed by atoms with E-state index < -0.39 is 6.10 Å². The predicted molar refractivity (Wildman–Crippen MR) is 45.0 cm³/mol. The van der Waals surface area contributed by atoms with Gasteiger partial charge in [0, 0.05) is 5.56 Å². The molecule has 11 heavy (non-hydrogen) atoms. The third-order valence-electron chi connectivity index (χ3n) is 1.57. The van der Waals surface area contributed by atoms with Gasteiger partial charge in [-0.2, -0.15) is 0 Å². The zero-order chi connectivity index (χ0) is 8.27. The summed E-state index contributed by atoms with van der Waals surface area (Å²) in [5.74, 6) is 2.52. The molecule has 0 amide bonds. The molecule has 0 heterocycles. The van der Waals surface area contributed by atoms with Gasteiger partial charge in [-0.3, -0.25) is 0 Å². The van der Waals surface area contributed by atoms with Crippen LogP contribution in [0.3, 0.4) is 0 Å². The van der Waals surface area contributed by atoms with Gasteiger partial charge in [0.05, 0.1) is 6.10 Å². The minimum atomic E-state index is -0.484. The van der Waals surface area contributed by atoms with Gasteiger partial charge in [-0.05, 0) is 18.6 Å². The summed E-state index contributed by atoms with van der Waals surface area (Å²) in [6, 6.07) is 7.38. The maximum Gasteiger partial charge on any atom is 0.0773 e. The molecule has 1 rings (SSSR count). The number of benzene rings is 1. The SMILES string of the molecule is C#Cc1ccccc1[C@@H](C)O. The summed E-state index contributed by atoms with van der Waals surface area (Å²) in [6.45, 7) is 1.70. The molecule has 1 atom stereocenters. The smallest absolute Gasteiger partial charge is 0.0773 e. The molecule has 1 aromatic carbocycles. The third kappa shape index (κ3) is 1.60. The summed E-state index contributed by atoms with van der Waals surface area (Å²) < 4.78 is 0. The van der Waals surface area contributed by atoms with Crippen LogP contribution in [0.4, 0.5) is 0 Å². The van der Waals surface area contributed by atoms with Crippen molar-refractivity contribution in [2.75, 3.05) is 0 Å². The first-order valence-electron chi connectivity index (χ1n) is 3.49. The van der Waals surface area contributed by atoms with Gasteiger partial charge >= 0.3 is 0 Å². The third-order valence-corrected chi connectivity index (χ3v) is 1.57. The molecule has 0 aliphatic heterocycles. The van der Waals surface area contributed by atoms with E-state index in [1.807, 2.05) is 24.3 Å². The Kier molecular flexibility index (Phi) is 2.30. The summed E-state index contributed by atoms with van der Waals surface area (Å²) in [5, 5.41) is 9.24. The van der Waals surface area contributed by atoms with Gasteiger partial charge in [0.25, 0.3) is 0 Å². The molecule has 0 spiro atoms. The predicted octanol–water partition coefficient (Wildman–Crippen LogP) is 1.72. The van der Waals surface area contributed by atoms with Crippen LogP contribution in [0.1, 0.15) is 24.2 Å². The lowest BCUT2D eigenvalue weighted by atomic mass is 10.0. The molecular formula is C10H10O. The molecule has 56 valence electrons. The van der Waals surface area contributed by atoms with Crippen LogP contribution in [-0.2, 0) is 0 Å². The van der Waals surface area contributed by atoms with Crippen LogP contribution >= 0.6 is 0 Å². The van der Waals surface area contributed by atoms with E-state index in [9.17, 15) is 5.11 Å². The summed E-state index contributed by atoms with van der Waals surface area (Å²) >= 11 is 0. The lowest BCUT2D eigenvalue weighted by Gasteiger charge is -2.05. The lowest BCUT2D eigenvalue weighted by Crippen LogP contribution is -1.93. The molecule has 1 N–H and O–H groups in total. The average Bonchev–Trinajstić information content (AvgIpc) is 2.04. The Hall–Kier alpha value is -1.26. The van der Waals surface area contributed by atoms with E-state index >= 15 is 0 Å². The van der Waals surface area contributed by atoms with Crippen LogP contribution in [0.5, 0.6) is 0 Å². The second kappa shape index (κ2) is 3.23. The summed E-state index contributed by atoms with van der Waals surface area (Å²) in [6.07, 6.45) is 4.74. The van der Waals surface area contributed by atoms with Crippen LogP contribution in [0.2, 0.25) is 0 Å². The summed E-state index contributed by atoms with van der Waals surface area (Å²) in [5.41, 5.74) is 1.58. The molecule has 1 nitrogen and oxygen atoms in total. The minimum absolute atomic E-state index is 0.484. The van der Waals surface area contributed by atoms with Gasteiger partial charge in [0.2, 0.25) is 0 Å². The van der Waals surface area contributed by atoms with E-state index in [1.165, 1.54) is 0 Å². The highest BCUT2D eigenvalue weighted by Crippen LogP contribution is 2.15. The van der Waals surface area contributed by atoms with E-state index in [0.717, 1.165) is 11.1 Å². The Morgan fingerprint density at radius 2 is 2.09 bits per heavy atom. The number of hydrogen-bond donors (Lipinski definition) is 1. The summed E-state index contributed by atoms with van der Waals surface area (Å²) in [4.78, 5) is 0. The number of hydrogen-bond acceptors (Lipinski definition) is 1. The van der Waals surface area contributed by atoms with Crippen LogP contribution in [0.15, 0.2) is 24.3 Å². The first-order chi connectivity index (χ1) is 5.25. The Balaban J connectivity index is 3.15. The van der Waals surface area contributed by atoms with Gasteiger partial charge in [-0.15, -0.1) is 6.42 Å². The monoisotopic (exact) mass is 146 g/mol. The van der Waals surface area contributed by atoms with Crippen molar-refractivity contribution in [1.29, 1.82) is 0 Å². The van der Waals surface area contributed by atoms with E-state index in [0.29, 0.717) is 0 Å². The molecule has 0 saturated heterocycles. The fourth-order valence-corrected chi connectivity index (χ4v) is 0.993. The average molecular weight is 146 g/mol. The minimum Gasteiger partial charge on any atom is -0.389 e. The fraction of sp³-hybridized carbons (Fsp3) is 0.200. The first-order valence-corrected chi connectivity index (χ1v) is 3.49. The Bertz CT molecular complexity index is 281. The van der Waals surface area contributed by atoms with Crippen molar-refractivity contribution in [2.24, 2.45) is 0 Å². The number of aliphatic hydroxyl groups excluding tert-OH is 1. The molecule has 0 radical (unpaired) electrons. The zero-order valence-electron chi connectivity index (χ0n) is 6.41. The van der Waals surface area contributed by atoms with Crippen LogP contribution in [-0.4, -0.2) is 5.11 Å². The number of rotatable bonds is 1. The molecule has 0 aromatic heterocycles. The molecule has 1 heteroatoms.